The van der Waals surface area contributed by atoms with E-state index in [2.05, 4.69) is 32.1 Å². The second kappa shape index (κ2) is 6.95. The summed E-state index contributed by atoms with van der Waals surface area (Å²) in [7, 11) is 0. The summed E-state index contributed by atoms with van der Waals surface area (Å²) in [5.41, 5.74) is 4.73. The van der Waals surface area contributed by atoms with Gasteiger partial charge in [-0.05, 0) is 62.4 Å². The van der Waals surface area contributed by atoms with Crippen molar-refractivity contribution < 1.29 is 0 Å². The van der Waals surface area contributed by atoms with Crippen LogP contribution >= 0.6 is 27.3 Å². The number of nitrogens with zero attached hydrogens (tertiary/aromatic N) is 3. The van der Waals surface area contributed by atoms with Gasteiger partial charge in [-0.3, -0.25) is 9.89 Å². The van der Waals surface area contributed by atoms with Crippen LogP contribution in [-0.2, 0) is 12.8 Å². The van der Waals surface area contributed by atoms with Gasteiger partial charge in [0.05, 0.1) is 16.8 Å². The zero-order chi connectivity index (χ0) is 19.1. The number of H-pyrrole nitrogens is 1. The van der Waals surface area contributed by atoms with Crippen molar-refractivity contribution in [3.05, 3.63) is 65.9 Å². The number of aromatic amines is 1. The number of hydrogen-bond acceptors (Lipinski definition) is 4. The Labute approximate surface area is 169 Å². The van der Waals surface area contributed by atoms with Gasteiger partial charge in [0.15, 0.2) is 0 Å². The van der Waals surface area contributed by atoms with Gasteiger partial charge in [0.2, 0.25) is 0 Å². The van der Waals surface area contributed by atoms with Crippen molar-refractivity contribution in [3.8, 4) is 11.8 Å². The first-order valence-corrected chi connectivity index (χ1v) is 10.3. The number of nitriles is 1. The van der Waals surface area contributed by atoms with Gasteiger partial charge >= 0.3 is 0 Å². The van der Waals surface area contributed by atoms with Crippen LogP contribution in [0.4, 0.5) is 5.00 Å². The average molecular weight is 441 g/mol. The zero-order valence-corrected chi connectivity index (χ0v) is 17.4. The predicted octanol–water partition coefficient (Wildman–Crippen LogP) is 4.72. The summed E-state index contributed by atoms with van der Waals surface area (Å²) in [6, 6.07) is 8.04. The molecule has 3 aromatic rings. The minimum Gasteiger partial charge on any atom is -0.295 e. The predicted molar refractivity (Wildman–Crippen MR) is 112 cm³/mol. The average Bonchev–Trinajstić information content (AvgIpc) is 3.29. The third-order valence-corrected chi connectivity index (χ3v) is 6.93. The van der Waals surface area contributed by atoms with E-state index in [-0.39, 0.29) is 5.56 Å². The zero-order valence-electron chi connectivity index (χ0n) is 15.0. The maximum atomic E-state index is 12.9. The molecule has 0 aliphatic heterocycles. The summed E-state index contributed by atoms with van der Waals surface area (Å²) >= 11 is 5.05. The Morgan fingerprint density at radius 3 is 2.93 bits per heavy atom. The van der Waals surface area contributed by atoms with Crippen LogP contribution in [0.25, 0.3) is 5.69 Å². The lowest BCUT2D eigenvalue weighted by atomic mass is 10.1. The van der Waals surface area contributed by atoms with Crippen molar-refractivity contribution in [2.45, 2.75) is 33.1 Å². The third kappa shape index (κ3) is 3.09. The van der Waals surface area contributed by atoms with E-state index in [4.69, 9.17) is 0 Å². The van der Waals surface area contributed by atoms with Crippen molar-refractivity contribution in [2.75, 3.05) is 0 Å². The molecule has 4 rings (SSSR count). The summed E-state index contributed by atoms with van der Waals surface area (Å²) < 4.78 is 2.52. The minimum atomic E-state index is -0.152. The summed E-state index contributed by atoms with van der Waals surface area (Å²) in [4.78, 5) is 18.6. The van der Waals surface area contributed by atoms with Crippen molar-refractivity contribution in [3.63, 3.8) is 0 Å². The molecule has 136 valence electrons. The Balaban J connectivity index is 1.73. The fraction of sp³-hybridized carbons (Fsp3) is 0.250. The number of aliphatic imine (C=N–C) groups is 1. The van der Waals surface area contributed by atoms with Crippen LogP contribution in [-0.4, -0.2) is 16.0 Å². The Morgan fingerprint density at radius 2 is 2.19 bits per heavy atom. The van der Waals surface area contributed by atoms with Crippen molar-refractivity contribution >= 4 is 38.5 Å². The van der Waals surface area contributed by atoms with Gasteiger partial charge in [0, 0.05) is 21.3 Å². The Morgan fingerprint density at radius 1 is 1.37 bits per heavy atom. The first-order valence-electron chi connectivity index (χ1n) is 8.66. The van der Waals surface area contributed by atoms with E-state index in [0.29, 0.717) is 16.1 Å². The van der Waals surface area contributed by atoms with E-state index in [9.17, 15) is 10.1 Å². The number of halogens is 1. The smallest absolute Gasteiger partial charge is 0.280 e. The summed E-state index contributed by atoms with van der Waals surface area (Å²) in [5, 5.41) is 13.3. The molecule has 27 heavy (non-hydrogen) atoms. The maximum absolute atomic E-state index is 12.9. The summed E-state index contributed by atoms with van der Waals surface area (Å²) in [6.45, 7) is 3.83. The monoisotopic (exact) mass is 440 g/mol. The second-order valence-corrected chi connectivity index (χ2v) is 8.57. The van der Waals surface area contributed by atoms with E-state index in [1.54, 1.807) is 17.6 Å². The van der Waals surface area contributed by atoms with E-state index >= 15 is 0 Å². The van der Waals surface area contributed by atoms with Gasteiger partial charge in [-0.1, -0.05) is 15.9 Å². The van der Waals surface area contributed by atoms with Crippen LogP contribution in [0.5, 0.6) is 0 Å². The SMILES string of the molecule is Cc1cc(-n2[nH]c(C)c(C=Nc3sc4c(c3C#N)CCC4)c2=O)ccc1Br. The van der Waals surface area contributed by atoms with Crippen LogP contribution in [0.3, 0.4) is 0 Å². The number of rotatable bonds is 3. The van der Waals surface area contributed by atoms with Crippen molar-refractivity contribution in [2.24, 2.45) is 4.99 Å². The molecule has 0 fully saturated rings. The summed E-state index contributed by atoms with van der Waals surface area (Å²) in [5.74, 6) is 0. The quantitative estimate of drug-likeness (QED) is 0.598. The van der Waals surface area contributed by atoms with Gasteiger partial charge < -0.3 is 0 Å². The van der Waals surface area contributed by atoms with Gasteiger partial charge in [-0.15, -0.1) is 11.3 Å². The molecule has 0 saturated carbocycles. The molecule has 1 aromatic carbocycles. The number of aryl methyl sites for hydroxylation is 3. The number of hydrogen-bond donors (Lipinski definition) is 1. The molecule has 1 aliphatic carbocycles. The van der Waals surface area contributed by atoms with Crippen LogP contribution in [0.2, 0.25) is 0 Å². The largest absolute Gasteiger partial charge is 0.295 e. The van der Waals surface area contributed by atoms with Crippen LogP contribution in [0.15, 0.2) is 32.5 Å². The Bertz CT molecular complexity index is 1180. The Kier molecular flexibility index (Phi) is 4.62. The highest BCUT2D eigenvalue weighted by Crippen LogP contribution is 2.40. The first-order chi connectivity index (χ1) is 13.0. The Hall–Kier alpha value is -2.43. The fourth-order valence-corrected chi connectivity index (χ4v) is 4.81. The molecule has 0 atom stereocenters. The number of fused-ring (bicyclic) bond motifs is 1. The number of thiophene rings is 1. The third-order valence-electron chi connectivity index (χ3n) is 4.84. The molecule has 2 heterocycles. The molecule has 2 aromatic heterocycles. The molecule has 5 nitrogen and oxygen atoms in total. The molecule has 0 saturated heterocycles. The molecule has 0 spiro atoms. The molecule has 0 amide bonds. The van der Waals surface area contributed by atoms with Gasteiger partial charge in [-0.25, -0.2) is 9.67 Å². The second-order valence-electron chi connectivity index (χ2n) is 6.63. The minimum absolute atomic E-state index is 0.152. The van der Waals surface area contributed by atoms with Crippen LogP contribution < -0.4 is 5.56 Å². The molecule has 7 heteroatoms. The molecular weight excluding hydrogens is 424 g/mol. The molecular formula is C20H17BrN4OS. The highest BCUT2D eigenvalue weighted by molar-refractivity contribution is 9.10. The first kappa shape index (κ1) is 18.0. The molecule has 0 unspecified atom stereocenters. The lowest BCUT2D eigenvalue weighted by Gasteiger charge is -2.04. The highest BCUT2D eigenvalue weighted by Gasteiger charge is 2.22. The fourth-order valence-electron chi connectivity index (χ4n) is 3.38. The summed E-state index contributed by atoms with van der Waals surface area (Å²) in [6.07, 6.45) is 4.65. The normalized spacial score (nSPS) is 13.3. The topological polar surface area (TPSA) is 73.9 Å². The van der Waals surface area contributed by atoms with Gasteiger partial charge in [-0.2, -0.15) is 5.26 Å². The van der Waals surface area contributed by atoms with Crippen molar-refractivity contribution in [1.29, 1.82) is 5.26 Å². The van der Waals surface area contributed by atoms with Crippen LogP contribution in [0, 0.1) is 25.2 Å². The van der Waals surface area contributed by atoms with Gasteiger partial charge in [0.25, 0.3) is 5.56 Å². The van der Waals surface area contributed by atoms with E-state index in [1.165, 1.54) is 9.56 Å². The lowest BCUT2D eigenvalue weighted by molar-refractivity contribution is 0.834. The molecule has 0 radical (unpaired) electrons. The number of aromatic nitrogens is 2. The maximum Gasteiger partial charge on any atom is 0.280 e. The lowest BCUT2D eigenvalue weighted by Crippen LogP contribution is -2.17. The number of nitrogens with one attached hydrogen (secondary N) is 1. The standard InChI is InChI=1S/C20H17BrN4OS/c1-11-8-13(6-7-17(11)21)25-20(26)16(12(2)24-25)10-23-19-15(9-22)14-4-3-5-18(14)27-19/h6-8,10,24H,3-5H2,1-2H3. The van der Waals surface area contributed by atoms with Crippen LogP contribution in [0.1, 0.15) is 39.2 Å². The van der Waals surface area contributed by atoms with Gasteiger partial charge in [0.1, 0.15) is 11.1 Å². The number of benzene rings is 1. The van der Waals surface area contributed by atoms with Crippen molar-refractivity contribution in [1.82, 2.24) is 9.78 Å². The molecule has 0 bridgehead atoms. The molecule has 1 aliphatic rings. The molecule has 1 N–H and O–H groups in total. The van der Waals surface area contributed by atoms with E-state index in [1.807, 2.05) is 32.0 Å². The highest BCUT2D eigenvalue weighted by atomic mass is 79.9. The van der Waals surface area contributed by atoms with E-state index in [0.717, 1.165) is 46.2 Å². The van der Waals surface area contributed by atoms with E-state index < -0.39 is 0 Å².